The van der Waals surface area contributed by atoms with E-state index in [1.165, 1.54) is 0 Å². The largest absolute Gasteiger partial charge is 0.396 e. The molecule has 1 aromatic rings. The van der Waals surface area contributed by atoms with Crippen LogP contribution in [0.3, 0.4) is 0 Å². The van der Waals surface area contributed by atoms with Gasteiger partial charge < -0.3 is 15.7 Å². The fourth-order valence-corrected chi connectivity index (χ4v) is 2.80. The molecule has 2 amide bonds. The van der Waals surface area contributed by atoms with Crippen molar-refractivity contribution in [2.24, 2.45) is 5.92 Å². The van der Waals surface area contributed by atoms with Gasteiger partial charge in [0.2, 0.25) is 0 Å². The van der Waals surface area contributed by atoms with Gasteiger partial charge in [0, 0.05) is 24.6 Å². The topological polar surface area (TPSA) is 78.4 Å². The van der Waals surface area contributed by atoms with E-state index in [9.17, 15) is 23.5 Å². The average molecular weight is 326 g/mol. The molecule has 1 aromatic carbocycles. The number of benzene rings is 1. The minimum Gasteiger partial charge on any atom is -0.396 e. The van der Waals surface area contributed by atoms with Gasteiger partial charge in [0.25, 0.3) is 0 Å². The molecule has 1 saturated carbocycles. The number of anilines is 1. The number of nitrogens with one attached hydrogen (secondary N) is 2. The first-order valence-corrected chi connectivity index (χ1v) is 7.69. The molecule has 7 heteroatoms. The Morgan fingerprint density at radius 3 is 2.57 bits per heavy atom. The normalized spacial score (nSPS) is 21.3. The van der Waals surface area contributed by atoms with Gasteiger partial charge in [-0.15, -0.1) is 0 Å². The number of aliphatic hydroxyl groups excluding tert-OH is 1. The smallest absolute Gasteiger partial charge is 0.313 e. The predicted molar refractivity (Wildman–Crippen MR) is 80.6 cm³/mol. The summed E-state index contributed by atoms with van der Waals surface area (Å²) in [6, 6.07) is 2.39. The number of amides is 2. The molecule has 2 unspecified atom stereocenters. The Hall–Kier alpha value is -2.02. The van der Waals surface area contributed by atoms with Gasteiger partial charge in [-0.2, -0.15) is 0 Å². The summed E-state index contributed by atoms with van der Waals surface area (Å²) in [6.07, 6.45) is 4.39. The van der Waals surface area contributed by atoms with Gasteiger partial charge in [-0.05, 0) is 25.0 Å². The Labute approximate surface area is 133 Å². The van der Waals surface area contributed by atoms with Crippen molar-refractivity contribution in [3.8, 4) is 0 Å². The van der Waals surface area contributed by atoms with Crippen LogP contribution in [0.15, 0.2) is 18.2 Å². The lowest BCUT2D eigenvalue weighted by Gasteiger charge is -2.24. The highest BCUT2D eigenvalue weighted by Gasteiger charge is 2.27. The second-order valence-corrected chi connectivity index (χ2v) is 5.74. The molecular weight excluding hydrogens is 306 g/mol. The molecule has 2 rings (SSSR count). The van der Waals surface area contributed by atoms with Crippen molar-refractivity contribution in [3.05, 3.63) is 29.8 Å². The van der Waals surface area contributed by atoms with E-state index < -0.39 is 23.4 Å². The number of carbonyl (C=O) groups excluding carboxylic acids is 2. The minimum atomic E-state index is -1.02. The van der Waals surface area contributed by atoms with Crippen LogP contribution < -0.4 is 10.6 Å². The van der Waals surface area contributed by atoms with Gasteiger partial charge in [-0.25, -0.2) is 8.78 Å². The maximum Gasteiger partial charge on any atom is 0.313 e. The Kier molecular flexibility index (Phi) is 6.04. The van der Waals surface area contributed by atoms with Gasteiger partial charge in [0.15, 0.2) is 0 Å². The summed E-state index contributed by atoms with van der Waals surface area (Å²) < 4.78 is 26.3. The summed E-state index contributed by atoms with van der Waals surface area (Å²) in [4.78, 5) is 23.8. The predicted octanol–water partition coefficient (Wildman–Crippen LogP) is 1.96. The van der Waals surface area contributed by atoms with Crippen molar-refractivity contribution in [1.82, 2.24) is 5.32 Å². The monoisotopic (exact) mass is 326 g/mol. The maximum atomic E-state index is 13.5. The quantitative estimate of drug-likeness (QED) is 0.587. The highest BCUT2D eigenvalue weighted by Crippen LogP contribution is 2.23. The van der Waals surface area contributed by atoms with Crippen LogP contribution in [-0.4, -0.2) is 29.6 Å². The van der Waals surface area contributed by atoms with Gasteiger partial charge in [0.05, 0.1) is 5.69 Å². The summed E-state index contributed by atoms with van der Waals surface area (Å²) in [5, 5.41) is 14.1. The number of carbonyl (C=O) groups is 2. The van der Waals surface area contributed by atoms with E-state index in [2.05, 4.69) is 10.6 Å². The van der Waals surface area contributed by atoms with Gasteiger partial charge >= 0.3 is 11.8 Å². The van der Waals surface area contributed by atoms with E-state index in [-0.39, 0.29) is 24.3 Å². The third-order valence-corrected chi connectivity index (χ3v) is 4.10. The molecule has 0 spiro atoms. The molecular formula is C16H20F2N2O3. The molecule has 2 atom stereocenters. The molecule has 0 aromatic heterocycles. The number of halogens is 2. The SMILES string of the molecule is O=C(Nc1ccc(F)cc1F)C(=O)NC1CCCCCC1CO. The average Bonchev–Trinajstić information content (AvgIpc) is 2.74. The van der Waals surface area contributed by atoms with Crippen molar-refractivity contribution in [1.29, 1.82) is 0 Å². The van der Waals surface area contributed by atoms with Crippen molar-refractivity contribution in [2.75, 3.05) is 11.9 Å². The molecule has 0 aliphatic heterocycles. The second-order valence-electron chi connectivity index (χ2n) is 5.74. The van der Waals surface area contributed by atoms with E-state index >= 15 is 0 Å². The zero-order valence-corrected chi connectivity index (χ0v) is 12.6. The highest BCUT2D eigenvalue weighted by molar-refractivity contribution is 6.39. The van der Waals surface area contributed by atoms with Gasteiger partial charge in [-0.3, -0.25) is 9.59 Å². The Balaban J connectivity index is 1.97. The summed E-state index contributed by atoms with van der Waals surface area (Å²) in [5.74, 6) is -3.71. The van der Waals surface area contributed by atoms with Gasteiger partial charge in [-0.1, -0.05) is 19.3 Å². The minimum absolute atomic E-state index is 0.0564. The van der Waals surface area contributed by atoms with Crippen molar-refractivity contribution >= 4 is 17.5 Å². The first-order valence-electron chi connectivity index (χ1n) is 7.69. The zero-order valence-electron chi connectivity index (χ0n) is 12.6. The van der Waals surface area contributed by atoms with Crippen LogP contribution in [0.25, 0.3) is 0 Å². The van der Waals surface area contributed by atoms with Gasteiger partial charge in [0.1, 0.15) is 11.6 Å². The standard InChI is InChI=1S/C16H20F2N2O3/c17-11-6-7-14(12(18)8-11)20-16(23)15(22)19-13-5-3-1-2-4-10(13)9-21/h6-8,10,13,21H,1-5,9H2,(H,19,22)(H,20,23). The third kappa shape index (κ3) is 4.72. The lowest BCUT2D eigenvalue weighted by atomic mass is 9.95. The number of hydrogen-bond acceptors (Lipinski definition) is 3. The molecule has 0 bridgehead atoms. The van der Waals surface area contributed by atoms with E-state index in [0.717, 1.165) is 37.8 Å². The van der Waals surface area contributed by atoms with Crippen LogP contribution in [0.4, 0.5) is 14.5 Å². The molecule has 3 N–H and O–H groups in total. The molecule has 0 saturated heterocycles. The van der Waals surface area contributed by atoms with Crippen LogP contribution in [-0.2, 0) is 9.59 Å². The maximum absolute atomic E-state index is 13.5. The van der Waals surface area contributed by atoms with Crippen LogP contribution in [0.5, 0.6) is 0 Å². The summed E-state index contributed by atoms with van der Waals surface area (Å²) in [5.41, 5.74) is -0.258. The summed E-state index contributed by atoms with van der Waals surface area (Å²) >= 11 is 0. The van der Waals surface area contributed by atoms with E-state index in [4.69, 9.17) is 0 Å². The highest BCUT2D eigenvalue weighted by atomic mass is 19.1. The Morgan fingerprint density at radius 2 is 1.87 bits per heavy atom. The lowest BCUT2D eigenvalue weighted by molar-refractivity contribution is -0.137. The Bertz CT molecular complexity index is 580. The molecule has 5 nitrogen and oxygen atoms in total. The van der Waals surface area contributed by atoms with Crippen molar-refractivity contribution in [2.45, 2.75) is 38.1 Å². The third-order valence-electron chi connectivity index (χ3n) is 4.10. The van der Waals surface area contributed by atoms with Crippen molar-refractivity contribution < 1.29 is 23.5 Å². The molecule has 1 aliphatic carbocycles. The first-order chi connectivity index (χ1) is 11.0. The second kappa shape index (κ2) is 8.01. The van der Waals surface area contributed by atoms with Crippen LogP contribution in [0.1, 0.15) is 32.1 Å². The van der Waals surface area contributed by atoms with E-state index in [0.29, 0.717) is 12.5 Å². The van der Waals surface area contributed by atoms with Crippen LogP contribution in [0.2, 0.25) is 0 Å². The number of rotatable bonds is 3. The first kappa shape index (κ1) is 17.3. The molecule has 126 valence electrons. The van der Waals surface area contributed by atoms with Crippen LogP contribution in [0, 0.1) is 17.6 Å². The summed E-state index contributed by atoms with van der Waals surface area (Å²) in [7, 11) is 0. The number of hydrogen-bond donors (Lipinski definition) is 3. The van der Waals surface area contributed by atoms with E-state index in [1.54, 1.807) is 0 Å². The number of aliphatic hydroxyl groups is 1. The molecule has 23 heavy (non-hydrogen) atoms. The lowest BCUT2D eigenvalue weighted by Crippen LogP contribution is -2.45. The van der Waals surface area contributed by atoms with Crippen molar-refractivity contribution in [3.63, 3.8) is 0 Å². The molecule has 0 heterocycles. The fourth-order valence-electron chi connectivity index (χ4n) is 2.80. The zero-order chi connectivity index (χ0) is 16.8. The fraction of sp³-hybridized carbons (Fsp3) is 0.500. The summed E-state index contributed by atoms with van der Waals surface area (Å²) in [6.45, 7) is -0.0564. The molecule has 0 radical (unpaired) electrons. The molecule has 1 fully saturated rings. The van der Waals surface area contributed by atoms with Crippen LogP contribution >= 0.6 is 0 Å². The molecule has 1 aliphatic rings. The van der Waals surface area contributed by atoms with E-state index in [1.807, 2.05) is 0 Å². The Morgan fingerprint density at radius 1 is 1.13 bits per heavy atom.